The van der Waals surface area contributed by atoms with Crippen molar-refractivity contribution in [3.63, 3.8) is 0 Å². The summed E-state index contributed by atoms with van der Waals surface area (Å²) in [5.41, 5.74) is 2.04. The van der Waals surface area contributed by atoms with Crippen LogP contribution in [0.3, 0.4) is 0 Å². The summed E-state index contributed by atoms with van der Waals surface area (Å²) in [6.45, 7) is 11.2. The number of nitrogens with zero attached hydrogens (tertiary/aromatic N) is 2. The summed E-state index contributed by atoms with van der Waals surface area (Å²) in [7, 11) is 3.95. The van der Waals surface area contributed by atoms with Crippen LogP contribution < -0.4 is 5.32 Å². The molecule has 0 aromatic carbocycles. The lowest BCUT2D eigenvalue weighted by Crippen LogP contribution is -2.26. The van der Waals surface area contributed by atoms with Gasteiger partial charge in [-0.2, -0.15) is 0 Å². The fourth-order valence-electron chi connectivity index (χ4n) is 0.927. The van der Waals surface area contributed by atoms with Crippen molar-refractivity contribution in [1.29, 1.82) is 0 Å². The molecule has 0 atom stereocenters. The van der Waals surface area contributed by atoms with Crippen molar-refractivity contribution < 1.29 is 0 Å². The van der Waals surface area contributed by atoms with E-state index >= 15 is 0 Å². The Morgan fingerprint density at radius 3 is 2.69 bits per heavy atom. The Morgan fingerprint density at radius 1 is 1.62 bits per heavy atom. The molecule has 3 heteroatoms. The van der Waals surface area contributed by atoms with E-state index in [0.717, 1.165) is 24.4 Å². The molecule has 1 N–H and O–H groups in total. The van der Waals surface area contributed by atoms with Gasteiger partial charge in [-0.05, 0) is 26.3 Å². The standard InChI is InChI=1S/C10H19N3/c1-9(8-12-4)10(2)13(5)7-6-11-3/h8,11H,2,4,6-7H2,1,3,5H3/b9-8-. The van der Waals surface area contributed by atoms with Gasteiger partial charge in [0.05, 0.1) is 0 Å². The SMILES string of the molecule is C=N/C=C(/C)C(=C)N(C)CCNC. The molecule has 0 saturated carbocycles. The average Bonchev–Trinajstić information content (AvgIpc) is 2.13. The van der Waals surface area contributed by atoms with Crippen molar-refractivity contribution in [3.8, 4) is 0 Å². The Kier molecular flexibility index (Phi) is 5.89. The summed E-state index contributed by atoms with van der Waals surface area (Å²) in [5.74, 6) is 0. The number of rotatable bonds is 6. The summed E-state index contributed by atoms with van der Waals surface area (Å²) >= 11 is 0. The third kappa shape index (κ3) is 4.48. The summed E-state index contributed by atoms with van der Waals surface area (Å²) in [4.78, 5) is 5.79. The van der Waals surface area contributed by atoms with Gasteiger partial charge in [0.2, 0.25) is 0 Å². The molecule has 0 aliphatic carbocycles. The van der Waals surface area contributed by atoms with E-state index in [0.29, 0.717) is 0 Å². The molecular weight excluding hydrogens is 162 g/mol. The molecule has 3 nitrogen and oxygen atoms in total. The van der Waals surface area contributed by atoms with E-state index in [1.807, 2.05) is 21.0 Å². The summed E-state index contributed by atoms with van der Waals surface area (Å²) in [5, 5.41) is 3.09. The van der Waals surface area contributed by atoms with Crippen molar-refractivity contribution in [2.45, 2.75) is 6.92 Å². The maximum atomic E-state index is 3.97. The van der Waals surface area contributed by atoms with Crippen LogP contribution in [0.2, 0.25) is 0 Å². The lowest BCUT2D eigenvalue weighted by atomic mass is 10.2. The quantitative estimate of drug-likeness (QED) is 0.493. The summed E-state index contributed by atoms with van der Waals surface area (Å²) < 4.78 is 0. The van der Waals surface area contributed by atoms with E-state index in [1.54, 1.807) is 6.20 Å². The van der Waals surface area contributed by atoms with Crippen LogP contribution >= 0.6 is 0 Å². The summed E-state index contributed by atoms with van der Waals surface area (Å²) in [6.07, 6.45) is 1.72. The van der Waals surface area contributed by atoms with Gasteiger partial charge in [-0.25, -0.2) is 0 Å². The molecule has 0 unspecified atom stereocenters. The predicted molar refractivity (Wildman–Crippen MR) is 59.0 cm³/mol. The van der Waals surface area contributed by atoms with Gasteiger partial charge in [0.15, 0.2) is 0 Å². The van der Waals surface area contributed by atoms with Crippen molar-refractivity contribution in [2.24, 2.45) is 4.99 Å². The van der Waals surface area contributed by atoms with Crippen molar-refractivity contribution in [3.05, 3.63) is 24.0 Å². The van der Waals surface area contributed by atoms with Gasteiger partial charge in [-0.15, -0.1) is 0 Å². The molecule has 0 aliphatic heterocycles. The lowest BCUT2D eigenvalue weighted by Gasteiger charge is -2.21. The Hall–Kier alpha value is -1.09. The first-order valence-corrected chi connectivity index (χ1v) is 4.31. The molecule has 0 spiro atoms. The second-order valence-corrected chi connectivity index (χ2v) is 2.97. The molecule has 13 heavy (non-hydrogen) atoms. The Labute approximate surface area is 80.8 Å². The fraction of sp³-hybridized carbons (Fsp3) is 0.500. The molecule has 0 aromatic heterocycles. The van der Waals surface area contributed by atoms with Gasteiger partial charge in [0.1, 0.15) is 0 Å². The highest BCUT2D eigenvalue weighted by Crippen LogP contribution is 2.09. The first-order valence-electron chi connectivity index (χ1n) is 4.31. The minimum atomic E-state index is 0.942. The van der Waals surface area contributed by atoms with E-state index in [4.69, 9.17) is 0 Å². The molecule has 0 bridgehead atoms. The van der Waals surface area contributed by atoms with Gasteiger partial charge in [0.25, 0.3) is 0 Å². The highest BCUT2D eigenvalue weighted by Gasteiger charge is 2.02. The van der Waals surface area contributed by atoms with E-state index in [2.05, 4.69) is 28.5 Å². The van der Waals surface area contributed by atoms with Crippen LogP contribution in [0.25, 0.3) is 0 Å². The van der Waals surface area contributed by atoms with Crippen LogP contribution in [0, 0.1) is 0 Å². The summed E-state index contributed by atoms with van der Waals surface area (Å²) in [6, 6.07) is 0. The minimum absolute atomic E-state index is 0.942. The van der Waals surface area contributed by atoms with Crippen LogP contribution in [0.15, 0.2) is 29.0 Å². The van der Waals surface area contributed by atoms with E-state index < -0.39 is 0 Å². The molecule has 0 rings (SSSR count). The van der Waals surface area contributed by atoms with Crippen molar-refractivity contribution in [2.75, 3.05) is 27.2 Å². The normalized spacial score (nSPS) is 11.2. The fourth-order valence-corrected chi connectivity index (χ4v) is 0.927. The van der Waals surface area contributed by atoms with Crippen molar-refractivity contribution >= 4 is 6.72 Å². The van der Waals surface area contributed by atoms with Gasteiger partial charge in [-0.1, -0.05) is 6.58 Å². The molecule has 0 radical (unpaired) electrons. The Balaban J connectivity index is 4.09. The van der Waals surface area contributed by atoms with E-state index in [9.17, 15) is 0 Å². The van der Waals surface area contributed by atoms with E-state index in [1.165, 1.54) is 0 Å². The maximum absolute atomic E-state index is 3.97. The zero-order valence-electron chi connectivity index (χ0n) is 8.80. The first-order chi connectivity index (χ1) is 6.13. The molecular formula is C10H19N3. The Bertz CT molecular complexity index is 206. The van der Waals surface area contributed by atoms with Gasteiger partial charge < -0.3 is 10.2 Å². The van der Waals surface area contributed by atoms with Crippen LogP contribution in [0.1, 0.15) is 6.92 Å². The number of hydrogen-bond acceptors (Lipinski definition) is 3. The van der Waals surface area contributed by atoms with E-state index in [-0.39, 0.29) is 0 Å². The van der Waals surface area contributed by atoms with Gasteiger partial charge in [-0.3, -0.25) is 4.99 Å². The predicted octanol–water partition coefficient (Wildman–Crippen LogP) is 1.26. The zero-order chi connectivity index (χ0) is 10.3. The second kappa shape index (κ2) is 6.43. The number of likely N-dealkylation sites (N-methyl/N-ethyl adjacent to an activating group) is 2. The molecule has 0 aromatic rings. The number of hydrogen-bond donors (Lipinski definition) is 1. The lowest BCUT2D eigenvalue weighted by molar-refractivity contribution is 0.423. The largest absolute Gasteiger partial charge is 0.374 e. The van der Waals surface area contributed by atoms with Crippen molar-refractivity contribution in [1.82, 2.24) is 10.2 Å². The van der Waals surface area contributed by atoms with Gasteiger partial charge in [0, 0.05) is 32.0 Å². The Morgan fingerprint density at radius 2 is 2.23 bits per heavy atom. The third-order valence-corrected chi connectivity index (χ3v) is 1.90. The van der Waals surface area contributed by atoms with Crippen LogP contribution in [0.5, 0.6) is 0 Å². The number of nitrogens with one attached hydrogen (secondary N) is 1. The number of aliphatic imine (C=N–C) groups is 1. The second-order valence-electron chi connectivity index (χ2n) is 2.97. The molecule has 0 amide bonds. The molecule has 0 fully saturated rings. The molecule has 74 valence electrons. The van der Waals surface area contributed by atoms with Crippen LogP contribution in [-0.4, -0.2) is 38.8 Å². The first kappa shape index (κ1) is 11.9. The highest BCUT2D eigenvalue weighted by atomic mass is 15.1. The van der Waals surface area contributed by atoms with Gasteiger partial charge >= 0.3 is 0 Å². The average molecular weight is 181 g/mol. The molecule has 0 saturated heterocycles. The third-order valence-electron chi connectivity index (χ3n) is 1.90. The topological polar surface area (TPSA) is 27.6 Å². The molecule has 0 heterocycles. The van der Waals surface area contributed by atoms with Crippen LogP contribution in [0.4, 0.5) is 0 Å². The smallest absolute Gasteiger partial charge is 0.0336 e. The highest BCUT2D eigenvalue weighted by molar-refractivity contribution is 5.30. The minimum Gasteiger partial charge on any atom is -0.374 e. The number of allylic oxidation sites excluding steroid dienone is 1. The monoisotopic (exact) mass is 181 g/mol. The van der Waals surface area contributed by atoms with Crippen LogP contribution in [-0.2, 0) is 0 Å². The zero-order valence-corrected chi connectivity index (χ0v) is 8.80. The molecule has 0 aliphatic rings. The maximum Gasteiger partial charge on any atom is 0.0336 e.